The molecule has 0 fully saturated rings. The van der Waals surface area contributed by atoms with Crippen LogP contribution in [0.25, 0.3) is 0 Å². The van der Waals surface area contributed by atoms with Gasteiger partial charge < -0.3 is 19.2 Å². The summed E-state index contributed by atoms with van der Waals surface area (Å²) >= 11 is 11.9. The lowest BCUT2D eigenvalue weighted by molar-refractivity contribution is -0.123. The molecule has 182 valence electrons. The van der Waals surface area contributed by atoms with Crippen molar-refractivity contribution in [3.05, 3.63) is 75.2 Å². The molecule has 10 heteroatoms. The zero-order chi connectivity index (χ0) is 24.9. The van der Waals surface area contributed by atoms with Crippen molar-refractivity contribution in [3.8, 4) is 11.5 Å². The third kappa shape index (κ3) is 5.61. The molecule has 0 spiro atoms. The number of halogens is 2. The highest BCUT2D eigenvalue weighted by Crippen LogP contribution is 2.31. The molecule has 3 aromatic rings. The molecule has 0 radical (unpaired) electrons. The molecule has 2 N–H and O–H groups in total. The van der Waals surface area contributed by atoms with Crippen LogP contribution in [0.4, 0.5) is 5.69 Å². The Balaban J connectivity index is 1.46. The number of para-hydroxylation sites is 2. The summed E-state index contributed by atoms with van der Waals surface area (Å²) in [6.45, 7) is 1.52. The Morgan fingerprint density at radius 3 is 2.69 bits per heavy atom. The molecule has 1 heterocycles. The van der Waals surface area contributed by atoms with Crippen LogP contribution in [-0.2, 0) is 11.2 Å². The first kappa shape index (κ1) is 24.6. The van der Waals surface area contributed by atoms with E-state index in [9.17, 15) is 9.59 Å². The van der Waals surface area contributed by atoms with Crippen LogP contribution >= 0.6 is 23.2 Å². The summed E-state index contributed by atoms with van der Waals surface area (Å²) in [5.41, 5.74) is 5.09. The SMILES string of the molecule is COc1ccccc1NC(=O)c1oc2c(c1C)/C(=N/NC(=O)COc1ccc(Cl)cc1Cl)CCC2. The summed E-state index contributed by atoms with van der Waals surface area (Å²) < 4.78 is 16.7. The van der Waals surface area contributed by atoms with E-state index in [-0.39, 0.29) is 12.4 Å². The average Bonchev–Trinajstić information content (AvgIpc) is 3.19. The highest BCUT2D eigenvalue weighted by molar-refractivity contribution is 6.35. The van der Waals surface area contributed by atoms with Gasteiger partial charge in [0.25, 0.3) is 11.8 Å². The zero-order valence-electron chi connectivity index (χ0n) is 19.1. The van der Waals surface area contributed by atoms with Gasteiger partial charge in [-0.1, -0.05) is 35.3 Å². The summed E-state index contributed by atoms with van der Waals surface area (Å²) in [5.74, 6) is 0.903. The van der Waals surface area contributed by atoms with Gasteiger partial charge in [0, 0.05) is 22.6 Å². The molecule has 0 bridgehead atoms. The van der Waals surface area contributed by atoms with E-state index >= 15 is 0 Å². The number of methoxy groups -OCH3 is 1. The number of carbonyl (C=O) groups is 2. The lowest BCUT2D eigenvalue weighted by Gasteiger charge is -2.13. The summed E-state index contributed by atoms with van der Waals surface area (Å²) in [4.78, 5) is 25.3. The number of anilines is 1. The maximum atomic E-state index is 13.0. The number of carbonyl (C=O) groups excluding carboxylic acids is 2. The lowest BCUT2D eigenvalue weighted by atomic mass is 9.93. The fraction of sp³-hybridized carbons (Fsp3) is 0.240. The fourth-order valence-electron chi connectivity index (χ4n) is 3.82. The van der Waals surface area contributed by atoms with Crippen LogP contribution in [0.3, 0.4) is 0 Å². The molecular formula is C25H23Cl2N3O5. The van der Waals surface area contributed by atoms with E-state index in [1.54, 1.807) is 37.3 Å². The smallest absolute Gasteiger partial charge is 0.291 e. The van der Waals surface area contributed by atoms with Gasteiger partial charge in [0.1, 0.15) is 17.3 Å². The number of fused-ring (bicyclic) bond motifs is 1. The number of nitrogens with zero attached hydrogens (tertiary/aromatic N) is 1. The first-order valence-corrected chi connectivity index (χ1v) is 11.6. The zero-order valence-corrected chi connectivity index (χ0v) is 20.6. The molecule has 0 saturated heterocycles. The van der Waals surface area contributed by atoms with Gasteiger partial charge in [-0.05, 0) is 50.1 Å². The number of furan rings is 1. The molecule has 8 nitrogen and oxygen atoms in total. The molecule has 0 saturated carbocycles. The third-order valence-electron chi connectivity index (χ3n) is 5.46. The molecule has 1 aliphatic rings. The fourth-order valence-corrected chi connectivity index (χ4v) is 4.28. The second-order valence-corrected chi connectivity index (χ2v) is 8.66. The second kappa shape index (κ2) is 10.8. The second-order valence-electron chi connectivity index (χ2n) is 7.82. The van der Waals surface area contributed by atoms with Gasteiger partial charge in [0.2, 0.25) is 0 Å². The lowest BCUT2D eigenvalue weighted by Crippen LogP contribution is -2.27. The van der Waals surface area contributed by atoms with Crippen LogP contribution in [0.15, 0.2) is 52.0 Å². The van der Waals surface area contributed by atoms with Crippen LogP contribution in [0.2, 0.25) is 10.0 Å². The summed E-state index contributed by atoms with van der Waals surface area (Å²) in [6, 6.07) is 11.9. The Morgan fingerprint density at radius 2 is 1.91 bits per heavy atom. The topological polar surface area (TPSA) is 102 Å². The minimum Gasteiger partial charge on any atom is -0.495 e. The molecule has 1 aliphatic carbocycles. The minimum atomic E-state index is -0.453. The molecule has 0 unspecified atom stereocenters. The number of amides is 2. The predicted octanol–water partition coefficient (Wildman–Crippen LogP) is 5.39. The number of ether oxygens (including phenoxy) is 2. The summed E-state index contributed by atoms with van der Waals surface area (Å²) in [6.07, 6.45) is 2.08. The Labute approximate surface area is 212 Å². The minimum absolute atomic E-state index is 0.197. The van der Waals surface area contributed by atoms with Gasteiger partial charge in [0.05, 0.1) is 23.5 Å². The standard InChI is InChI=1S/C25H23Cl2N3O5/c1-14-23-18(29-30-22(31)13-34-19-11-10-15(26)12-16(19)27)7-5-9-21(23)35-24(14)25(32)28-17-6-3-4-8-20(17)33-2/h3-4,6,8,10-12H,5,7,9,13H2,1-2H3,(H,28,32)(H,30,31)/b29-18+. The number of hydrogen-bond acceptors (Lipinski definition) is 6. The molecule has 2 aromatic carbocycles. The van der Waals surface area contributed by atoms with Gasteiger partial charge in [0.15, 0.2) is 12.4 Å². The number of hydrogen-bond donors (Lipinski definition) is 2. The van der Waals surface area contributed by atoms with Crippen LogP contribution in [-0.4, -0.2) is 31.2 Å². The van der Waals surface area contributed by atoms with E-state index in [2.05, 4.69) is 15.8 Å². The van der Waals surface area contributed by atoms with E-state index in [1.165, 1.54) is 13.2 Å². The first-order chi connectivity index (χ1) is 16.9. The van der Waals surface area contributed by atoms with Crippen molar-refractivity contribution < 1.29 is 23.5 Å². The van der Waals surface area contributed by atoms with E-state index in [0.29, 0.717) is 57.1 Å². The normalized spacial score (nSPS) is 13.8. The molecule has 35 heavy (non-hydrogen) atoms. The maximum absolute atomic E-state index is 13.0. The highest BCUT2D eigenvalue weighted by atomic mass is 35.5. The van der Waals surface area contributed by atoms with Crippen molar-refractivity contribution >= 4 is 46.4 Å². The van der Waals surface area contributed by atoms with Gasteiger partial charge in [-0.25, -0.2) is 5.43 Å². The van der Waals surface area contributed by atoms with Gasteiger partial charge >= 0.3 is 0 Å². The average molecular weight is 516 g/mol. The van der Waals surface area contributed by atoms with E-state index in [4.69, 9.17) is 37.1 Å². The molecule has 1 aromatic heterocycles. The van der Waals surface area contributed by atoms with Crippen LogP contribution in [0, 0.1) is 6.92 Å². The largest absolute Gasteiger partial charge is 0.495 e. The number of nitrogens with one attached hydrogen (secondary N) is 2. The Hall–Kier alpha value is -3.49. The van der Waals surface area contributed by atoms with Crippen LogP contribution in [0.1, 0.15) is 40.3 Å². The summed E-state index contributed by atoms with van der Waals surface area (Å²) in [5, 5.41) is 7.90. The summed E-state index contributed by atoms with van der Waals surface area (Å²) in [7, 11) is 1.54. The van der Waals surface area contributed by atoms with Crippen molar-refractivity contribution in [3.63, 3.8) is 0 Å². The molecule has 0 aliphatic heterocycles. The highest BCUT2D eigenvalue weighted by Gasteiger charge is 2.28. The van der Waals surface area contributed by atoms with Crippen molar-refractivity contribution in [1.29, 1.82) is 0 Å². The van der Waals surface area contributed by atoms with Gasteiger partial charge in [-0.15, -0.1) is 0 Å². The predicted molar refractivity (Wildman–Crippen MR) is 134 cm³/mol. The molecule has 4 rings (SSSR count). The molecule has 2 amide bonds. The van der Waals surface area contributed by atoms with E-state index in [1.807, 2.05) is 6.07 Å². The molecular weight excluding hydrogens is 493 g/mol. The number of benzene rings is 2. The number of hydrazone groups is 1. The Morgan fingerprint density at radius 1 is 1.11 bits per heavy atom. The molecule has 0 atom stereocenters. The van der Waals surface area contributed by atoms with E-state index in [0.717, 1.165) is 12.0 Å². The van der Waals surface area contributed by atoms with E-state index < -0.39 is 11.8 Å². The maximum Gasteiger partial charge on any atom is 0.291 e. The Kier molecular flexibility index (Phi) is 7.63. The van der Waals surface area contributed by atoms with Crippen molar-refractivity contribution in [1.82, 2.24) is 5.43 Å². The van der Waals surface area contributed by atoms with Crippen molar-refractivity contribution in [2.75, 3.05) is 19.0 Å². The Bertz CT molecular complexity index is 1300. The van der Waals surface area contributed by atoms with Crippen molar-refractivity contribution in [2.45, 2.75) is 26.2 Å². The number of aryl methyl sites for hydroxylation is 1. The first-order valence-electron chi connectivity index (χ1n) is 10.9. The van der Waals surface area contributed by atoms with Crippen LogP contribution < -0.4 is 20.2 Å². The van der Waals surface area contributed by atoms with Crippen molar-refractivity contribution in [2.24, 2.45) is 5.10 Å². The van der Waals surface area contributed by atoms with Gasteiger partial charge in [-0.3, -0.25) is 9.59 Å². The van der Waals surface area contributed by atoms with Gasteiger partial charge in [-0.2, -0.15) is 5.10 Å². The van der Waals surface area contributed by atoms with Crippen LogP contribution in [0.5, 0.6) is 11.5 Å². The third-order valence-corrected chi connectivity index (χ3v) is 5.99. The monoisotopic (exact) mass is 515 g/mol. The quantitative estimate of drug-likeness (QED) is 0.410. The number of rotatable bonds is 7.